The lowest BCUT2D eigenvalue weighted by atomic mass is 10.1. The molecule has 0 saturated carbocycles. The second-order valence-corrected chi connectivity index (χ2v) is 6.00. The Morgan fingerprint density at radius 2 is 1.85 bits per heavy atom. The molecule has 1 heterocycles. The maximum atomic E-state index is 12.5. The minimum absolute atomic E-state index is 0.212. The van der Waals surface area contributed by atoms with Gasteiger partial charge in [0.05, 0.1) is 5.69 Å². The molecule has 0 saturated heterocycles. The number of hydrazine groups is 1. The van der Waals surface area contributed by atoms with Crippen molar-refractivity contribution in [2.45, 2.75) is 6.18 Å². The number of amides is 1. The third kappa shape index (κ3) is 4.20. The Labute approximate surface area is 153 Å². The number of alkyl halides is 3. The van der Waals surface area contributed by atoms with Gasteiger partial charge in [0, 0.05) is 15.6 Å². The van der Waals surface area contributed by atoms with Crippen LogP contribution >= 0.6 is 15.9 Å². The van der Waals surface area contributed by atoms with Crippen molar-refractivity contribution < 1.29 is 22.5 Å². The maximum absolute atomic E-state index is 12.5. The van der Waals surface area contributed by atoms with Crippen molar-refractivity contribution in [3.8, 4) is 11.4 Å². The van der Waals surface area contributed by atoms with E-state index < -0.39 is 18.0 Å². The van der Waals surface area contributed by atoms with Gasteiger partial charge in [-0.05, 0) is 30.3 Å². The Balaban J connectivity index is 1.67. The first-order chi connectivity index (χ1) is 12.3. The van der Waals surface area contributed by atoms with Gasteiger partial charge in [-0.2, -0.15) is 18.2 Å². The van der Waals surface area contributed by atoms with Crippen LogP contribution in [0.2, 0.25) is 0 Å². The zero-order valence-electron chi connectivity index (χ0n) is 12.8. The summed E-state index contributed by atoms with van der Waals surface area (Å²) in [5.74, 6) is -2.05. The molecule has 1 aromatic heterocycles. The third-order valence-corrected chi connectivity index (χ3v) is 3.71. The van der Waals surface area contributed by atoms with Gasteiger partial charge in [-0.3, -0.25) is 15.6 Å². The number of hydrogen-bond donors (Lipinski definition) is 2. The summed E-state index contributed by atoms with van der Waals surface area (Å²) in [5, 5.41) is 3.29. The van der Waals surface area contributed by atoms with Crippen LogP contribution in [-0.4, -0.2) is 16.0 Å². The Hall–Kier alpha value is -2.88. The van der Waals surface area contributed by atoms with Gasteiger partial charge in [0.25, 0.3) is 5.91 Å². The molecule has 0 atom stereocenters. The average molecular weight is 427 g/mol. The van der Waals surface area contributed by atoms with E-state index in [-0.39, 0.29) is 5.82 Å². The first kappa shape index (κ1) is 17.9. The summed E-state index contributed by atoms with van der Waals surface area (Å²) in [6, 6.07) is 12.9. The topological polar surface area (TPSA) is 80.0 Å². The predicted molar refractivity (Wildman–Crippen MR) is 90.0 cm³/mol. The van der Waals surface area contributed by atoms with Crippen LogP contribution in [0.1, 0.15) is 16.2 Å². The fourth-order valence-electron chi connectivity index (χ4n) is 1.99. The van der Waals surface area contributed by atoms with Gasteiger partial charge in [-0.15, -0.1) is 0 Å². The van der Waals surface area contributed by atoms with Crippen molar-refractivity contribution in [1.29, 1.82) is 0 Å². The Bertz CT molecular complexity index is 926. The summed E-state index contributed by atoms with van der Waals surface area (Å²) in [6.07, 6.45) is -4.71. The van der Waals surface area contributed by atoms with Crippen LogP contribution in [0.3, 0.4) is 0 Å². The van der Waals surface area contributed by atoms with E-state index in [9.17, 15) is 18.0 Å². The molecular formula is C16H10BrF3N4O2. The molecule has 6 nitrogen and oxygen atoms in total. The Kier molecular flexibility index (Phi) is 4.94. The number of aromatic nitrogens is 2. The van der Waals surface area contributed by atoms with E-state index in [2.05, 4.69) is 41.4 Å². The zero-order valence-corrected chi connectivity index (χ0v) is 14.4. The standard InChI is InChI=1S/C16H10BrF3N4O2/c17-11-2-1-3-12(8-11)22-23-14(25)10-6-4-9(5-7-10)13-21-15(26-24-13)16(18,19)20/h1-8,22H,(H,23,25). The van der Waals surface area contributed by atoms with Crippen LogP contribution in [0.4, 0.5) is 18.9 Å². The van der Waals surface area contributed by atoms with Crippen molar-refractivity contribution in [2.24, 2.45) is 0 Å². The van der Waals surface area contributed by atoms with E-state index in [1.807, 2.05) is 6.07 Å². The van der Waals surface area contributed by atoms with Gasteiger partial charge in [0.15, 0.2) is 0 Å². The van der Waals surface area contributed by atoms with E-state index in [1.165, 1.54) is 24.3 Å². The highest BCUT2D eigenvalue weighted by Gasteiger charge is 2.38. The molecule has 0 aliphatic heterocycles. The van der Waals surface area contributed by atoms with E-state index in [1.54, 1.807) is 18.2 Å². The summed E-state index contributed by atoms with van der Waals surface area (Å²) in [6.45, 7) is 0. The van der Waals surface area contributed by atoms with E-state index in [0.717, 1.165) is 4.47 Å². The minimum atomic E-state index is -4.71. The molecule has 0 spiro atoms. The van der Waals surface area contributed by atoms with E-state index in [0.29, 0.717) is 16.8 Å². The smallest absolute Gasteiger partial charge is 0.329 e. The van der Waals surface area contributed by atoms with Crippen molar-refractivity contribution in [1.82, 2.24) is 15.6 Å². The highest BCUT2D eigenvalue weighted by Crippen LogP contribution is 2.29. The molecule has 0 radical (unpaired) electrons. The molecule has 2 N–H and O–H groups in total. The lowest BCUT2D eigenvalue weighted by Gasteiger charge is -2.09. The van der Waals surface area contributed by atoms with E-state index in [4.69, 9.17) is 0 Å². The van der Waals surface area contributed by atoms with Gasteiger partial charge in [0.1, 0.15) is 0 Å². The molecule has 0 aliphatic carbocycles. The van der Waals surface area contributed by atoms with Crippen molar-refractivity contribution >= 4 is 27.5 Å². The maximum Gasteiger partial charge on any atom is 0.471 e. The Morgan fingerprint density at radius 3 is 2.46 bits per heavy atom. The van der Waals surface area contributed by atoms with Crippen LogP contribution in [-0.2, 0) is 6.18 Å². The number of halogens is 4. The van der Waals surface area contributed by atoms with Crippen LogP contribution in [0.5, 0.6) is 0 Å². The van der Waals surface area contributed by atoms with Crippen LogP contribution in [0, 0.1) is 0 Å². The molecule has 0 unspecified atom stereocenters. The quantitative estimate of drug-likeness (QED) is 0.608. The molecule has 26 heavy (non-hydrogen) atoms. The van der Waals surface area contributed by atoms with Gasteiger partial charge in [-0.25, -0.2) is 0 Å². The van der Waals surface area contributed by atoms with Gasteiger partial charge in [0.2, 0.25) is 5.82 Å². The van der Waals surface area contributed by atoms with Gasteiger partial charge in [-0.1, -0.05) is 39.3 Å². The molecular weight excluding hydrogens is 417 g/mol. The molecule has 2 aromatic carbocycles. The SMILES string of the molecule is O=C(NNc1cccc(Br)c1)c1ccc(-c2noc(C(F)(F)F)n2)cc1. The van der Waals surface area contributed by atoms with Crippen molar-refractivity contribution in [2.75, 3.05) is 5.43 Å². The predicted octanol–water partition coefficient (Wildman–Crippen LogP) is 4.27. The molecule has 3 rings (SSSR count). The average Bonchev–Trinajstić information content (AvgIpc) is 3.10. The number of hydrogen-bond acceptors (Lipinski definition) is 5. The molecule has 0 aliphatic rings. The number of anilines is 1. The van der Waals surface area contributed by atoms with Gasteiger partial charge < -0.3 is 4.52 Å². The van der Waals surface area contributed by atoms with Crippen LogP contribution in [0.25, 0.3) is 11.4 Å². The molecule has 1 amide bonds. The largest absolute Gasteiger partial charge is 0.471 e. The second kappa shape index (κ2) is 7.16. The van der Waals surface area contributed by atoms with Crippen LogP contribution in [0.15, 0.2) is 57.5 Å². The fourth-order valence-corrected chi connectivity index (χ4v) is 2.39. The number of carbonyl (C=O) groups excluding carboxylic acids is 1. The Morgan fingerprint density at radius 1 is 1.12 bits per heavy atom. The molecule has 10 heteroatoms. The number of rotatable bonds is 4. The number of nitrogens with one attached hydrogen (secondary N) is 2. The van der Waals surface area contributed by atoms with Gasteiger partial charge >= 0.3 is 12.1 Å². The normalized spacial score (nSPS) is 11.2. The second-order valence-electron chi connectivity index (χ2n) is 5.09. The first-order valence-electron chi connectivity index (χ1n) is 7.16. The summed E-state index contributed by atoms with van der Waals surface area (Å²) < 4.78 is 42.5. The molecule has 134 valence electrons. The molecule has 3 aromatic rings. The molecule has 0 fully saturated rings. The number of carbonyl (C=O) groups is 1. The zero-order chi connectivity index (χ0) is 18.7. The fraction of sp³-hybridized carbons (Fsp3) is 0.0625. The highest BCUT2D eigenvalue weighted by atomic mass is 79.9. The lowest BCUT2D eigenvalue weighted by Crippen LogP contribution is -2.29. The van der Waals surface area contributed by atoms with Crippen LogP contribution < -0.4 is 10.9 Å². The number of nitrogens with zero attached hydrogens (tertiary/aromatic N) is 2. The minimum Gasteiger partial charge on any atom is -0.329 e. The summed E-state index contributed by atoms with van der Waals surface area (Å²) in [7, 11) is 0. The van der Waals surface area contributed by atoms with Crippen molar-refractivity contribution in [3.05, 3.63) is 64.5 Å². The summed E-state index contributed by atoms with van der Waals surface area (Å²) in [5.41, 5.74) is 6.54. The molecule has 0 bridgehead atoms. The van der Waals surface area contributed by atoms with E-state index >= 15 is 0 Å². The monoisotopic (exact) mass is 426 g/mol. The lowest BCUT2D eigenvalue weighted by molar-refractivity contribution is -0.159. The summed E-state index contributed by atoms with van der Waals surface area (Å²) >= 11 is 3.32. The summed E-state index contributed by atoms with van der Waals surface area (Å²) in [4.78, 5) is 15.4. The van der Waals surface area contributed by atoms with Crippen molar-refractivity contribution in [3.63, 3.8) is 0 Å². The first-order valence-corrected chi connectivity index (χ1v) is 7.95. The highest BCUT2D eigenvalue weighted by molar-refractivity contribution is 9.10. The third-order valence-electron chi connectivity index (χ3n) is 3.22. The number of benzene rings is 2.